The summed E-state index contributed by atoms with van der Waals surface area (Å²) in [4.78, 5) is 41.1. The topological polar surface area (TPSA) is 111 Å². The summed E-state index contributed by atoms with van der Waals surface area (Å²) in [5.41, 5.74) is 5.57. The average Bonchev–Trinajstić information content (AvgIpc) is 3.26. The molecule has 0 saturated carbocycles. The van der Waals surface area contributed by atoms with Crippen LogP contribution in [0, 0.1) is 11.8 Å². The van der Waals surface area contributed by atoms with Crippen LogP contribution in [0.5, 0.6) is 0 Å². The van der Waals surface area contributed by atoms with Crippen LogP contribution in [0.15, 0.2) is 0 Å². The molecule has 2 N–H and O–H groups in total. The zero-order valence-corrected chi connectivity index (χ0v) is 20.1. The van der Waals surface area contributed by atoms with Crippen molar-refractivity contribution in [3.8, 4) is 0 Å². The molecule has 6 atom stereocenters. The molecule has 0 spiro atoms. The minimum Gasteiger partial charge on any atom is -0.469 e. The quantitative estimate of drug-likeness (QED) is 0.449. The normalized spacial score (nSPS) is 21.2. The Hall–Kier alpha value is -1.71. The van der Waals surface area contributed by atoms with Gasteiger partial charge >= 0.3 is 5.97 Å². The maximum atomic E-state index is 13.3. The van der Waals surface area contributed by atoms with E-state index in [1.54, 1.807) is 38.0 Å². The number of methoxy groups -OCH3 is 3. The molecule has 1 aliphatic rings. The van der Waals surface area contributed by atoms with Crippen LogP contribution in [-0.2, 0) is 28.6 Å². The summed E-state index contributed by atoms with van der Waals surface area (Å²) in [6.07, 6.45) is 1.63. The first-order chi connectivity index (χ1) is 14.7. The van der Waals surface area contributed by atoms with Gasteiger partial charge in [-0.25, -0.2) is 0 Å². The zero-order valence-electron chi connectivity index (χ0n) is 20.1. The van der Waals surface area contributed by atoms with E-state index in [9.17, 15) is 14.4 Å². The molecule has 0 aliphatic carbocycles. The molecule has 1 aliphatic heterocycles. The van der Waals surface area contributed by atoms with Crippen LogP contribution in [0.3, 0.4) is 0 Å². The number of hydrogen-bond donors (Lipinski definition) is 1. The zero-order chi connectivity index (χ0) is 23.7. The van der Waals surface area contributed by atoms with E-state index in [2.05, 4.69) is 0 Å². The monoisotopic (exact) mass is 443 g/mol. The van der Waals surface area contributed by atoms with Crippen molar-refractivity contribution in [2.24, 2.45) is 17.6 Å². The summed E-state index contributed by atoms with van der Waals surface area (Å²) < 4.78 is 16.2. The number of likely N-dealkylation sites (N-methyl/N-ethyl adjacent to an activating group) is 1. The van der Waals surface area contributed by atoms with Crippen LogP contribution >= 0.6 is 0 Å². The summed E-state index contributed by atoms with van der Waals surface area (Å²) in [5.74, 6) is -0.994. The van der Waals surface area contributed by atoms with Gasteiger partial charge in [0, 0.05) is 27.8 Å². The van der Waals surface area contributed by atoms with Crippen LogP contribution in [0.4, 0.5) is 0 Å². The van der Waals surface area contributed by atoms with Crippen LogP contribution in [0.1, 0.15) is 46.5 Å². The third kappa shape index (κ3) is 6.63. The highest BCUT2D eigenvalue weighted by atomic mass is 16.5. The molecule has 31 heavy (non-hydrogen) atoms. The number of carbonyl (C=O) groups is 3. The van der Waals surface area contributed by atoms with Crippen molar-refractivity contribution >= 4 is 17.8 Å². The van der Waals surface area contributed by atoms with Crippen LogP contribution < -0.4 is 5.73 Å². The largest absolute Gasteiger partial charge is 0.469 e. The molecule has 0 radical (unpaired) electrons. The predicted octanol–water partition coefficient (Wildman–Crippen LogP) is 1.04. The lowest BCUT2D eigenvalue weighted by Gasteiger charge is -2.39. The van der Waals surface area contributed by atoms with Gasteiger partial charge in [0.25, 0.3) is 0 Å². The molecule has 0 bridgehead atoms. The standard InChI is InChI=1S/C22H41N3O6/c1-8-14(2)20(24(4)19(27)13-23)17(29-5)12-18(26)25-11-9-10-16(25)21(30-6)15(3)22(28)31-7/h14-17,20-21H,8-13,23H2,1-7H3. The Labute approximate surface area is 186 Å². The van der Waals surface area contributed by atoms with E-state index < -0.39 is 18.1 Å². The highest BCUT2D eigenvalue weighted by Crippen LogP contribution is 2.29. The molecule has 1 saturated heterocycles. The van der Waals surface area contributed by atoms with Gasteiger partial charge in [0.15, 0.2) is 0 Å². The fourth-order valence-electron chi connectivity index (χ4n) is 4.64. The van der Waals surface area contributed by atoms with Gasteiger partial charge in [-0.2, -0.15) is 0 Å². The number of ether oxygens (including phenoxy) is 3. The van der Waals surface area contributed by atoms with Crippen molar-refractivity contribution in [1.82, 2.24) is 9.80 Å². The second-order valence-corrected chi connectivity index (χ2v) is 8.37. The molecule has 1 fully saturated rings. The fraction of sp³-hybridized carbons (Fsp3) is 0.864. The van der Waals surface area contributed by atoms with E-state index in [0.29, 0.717) is 6.54 Å². The van der Waals surface area contributed by atoms with E-state index in [4.69, 9.17) is 19.9 Å². The lowest BCUT2D eigenvalue weighted by Crippen LogP contribution is -2.53. The SMILES string of the molecule is CCC(C)C(C(CC(=O)N1CCCC1C(OC)C(C)C(=O)OC)OC)N(C)C(=O)CN. The molecule has 0 aromatic rings. The van der Waals surface area contributed by atoms with Gasteiger partial charge < -0.3 is 29.7 Å². The minimum absolute atomic E-state index is 0.0737. The van der Waals surface area contributed by atoms with Crippen molar-refractivity contribution in [2.75, 3.05) is 41.5 Å². The molecule has 9 heteroatoms. The van der Waals surface area contributed by atoms with Crippen LogP contribution in [-0.4, -0.2) is 93.3 Å². The Bertz CT molecular complexity index is 602. The van der Waals surface area contributed by atoms with E-state index in [1.807, 2.05) is 13.8 Å². The number of carbonyl (C=O) groups excluding carboxylic acids is 3. The van der Waals surface area contributed by atoms with Crippen LogP contribution in [0.25, 0.3) is 0 Å². The molecule has 0 aromatic heterocycles. The van der Waals surface area contributed by atoms with Crippen molar-refractivity contribution in [1.29, 1.82) is 0 Å². The molecule has 180 valence electrons. The summed E-state index contributed by atoms with van der Waals surface area (Å²) in [5, 5.41) is 0. The van der Waals surface area contributed by atoms with Gasteiger partial charge in [-0.3, -0.25) is 14.4 Å². The minimum atomic E-state index is -0.493. The van der Waals surface area contributed by atoms with Crippen molar-refractivity contribution in [2.45, 2.75) is 70.7 Å². The van der Waals surface area contributed by atoms with Crippen molar-refractivity contribution in [3.05, 3.63) is 0 Å². The molecule has 0 aromatic carbocycles. The van der Waals surface area contributed by atoms with Gasteiger partial charge in [-0.15, -0.1) is 0 Å². The number of nitrogens with zero attached hydrogens (tertiary/aromatic N) is 2. The number of hydrogen-bond acceptors (Lipinski definition) is 7. The summed E-state index contributed by atoms with van der Waals surface area (Å²) >= 11 is 0. The maximum Gasteiger partial charge on any atom is 0.311 e. The maximum absolute atomic E-state index is 13.3. The van der Waals surface area contributed by atoms with Gasteiger partial charge in [0.1, 0.15) is 0 Å². The second kappa shape index (κ2) is 13.0. The summed E-state index contributed by atoms with van der Waals surface area (Å²) in [6.45, 7) is 6.34. The Balaban J connectivity index is 3.05. The molecule has 6 unspecified atom stereocenters. The third-order valence-electron chi connectivity index (χ3n) is 6.64. The molecule has 1 heterocycles. The lowest BCUT2D eigenvalue weighted by atomic mass is 9.90. The molecule has 2 amide bonds. The fourth-order valence-corrected chi connectivity index (χ4v) is 4.64. The number of esters is 1. The van der Waals surface area contributed by atoms with E-state index >= 15 is 0 Å². The van der Waals surface area contributed by atoms with Gasteiger partial charge in [0.2, 0.25) is 11.8 Å². The summed E-state index contributed by atoms with van der Waals surface area (Å²) in [6, 6.07) is -0.488. The number of nitrogens with two attached hydrogens (primary N) is 1. The smallest absolute Gasteiger partial charge is 0.311 e. The number of likely N-dealkylation sites (tertiary alicyclic amines) is 1. The number of rotatable bonds is 12. The average molecular weight is 444 g/mol. The van der Waals surface area contributed by atoms with Crippen molar-refractivity contribution < 1.29 is 28.6 Å². The van der Waals surface area contributed by atoms with E-state index in [-0.39, 0.29) is 48.8 Å². The Morgan fingerprint density at radius 2 is 1.81 bits per heavy atom. The predicted molar refractivity (Wildman–Crippen MR) is 117 cm³/mol. The number of amides is 2. The lowest BCUT2D eigenvalue weighted by molar-refractivity contribution is -0.154. The molecular formula is C22H41N3O6. The Morgan fingerprint density at radius 1 is 1.16 bits per heavy atom. The Morgan fingerprint density at radius 3 is 2.29 bits per heavy atom. The first kappa shape index (κ1) is 27.3. The molecule has 1 rings (SSSR count). The molecule has 9 nitrogen and oxygen atoms in total. The first-order valence-electron chi connectivity index (χ1n) is 11.1. The van der Waals surface area contributed by atoms with Gasteiger partial charge in [-0.1, -0.05) is 20.3 Å². The highest BCUT2D eigenvalue weighted by Gasteiger charge is 2.42. The van der Waals surface area contributed by atoms with Crippen molar-refractivity contribution in [3.63, 3.8) is 0 Å². The second-order valence-electron chi connectivity index (χ2n) is 8.37. The Kier molecular flexibility index (Phi) is 11.4. The van der Waals surface area contributed by atoms with E-state index in [1.165, 1.54) is 7.11 Å². The third-order valence-corrected chi connectivity index (χ3v) is 6.64. The molecular weight excluding hydrogens is 402 g/mol. The first-order valence-corrected chi connectivity index (χ1v) is 11.1. The van der Waals surface area contributed by atoms with Crippen LogP contribution in [0.2, 0.25) is 0 Å². The highest BCUT2D eigenvalue weighted by molar-refractivity contribution is 5.79. The van der Waals surface area contributed by atoms with Gasteiger partial charge in [0.05, 0.1) is 50.3 Å². The summed E-state index contributed by atoms with van der Waals surface area (Å²) in [7, 11) is 6.17. The van der Waals surface area contributed by atoms with E-state index in [0.717, 1.165) is 19.3 Å². The van der Waals surface area contributed by atoms with Gasteiger partial charge in [-0.05, 0) is 25.7 Å².